The maximum absolute atomic E-state index is 6.66. The smallest absolute Gasteiger partial charge is 0.348 e. The molecule has 0 rings (SSSR count). The van der Waals surface area contributed by atoms with E-state index in [4.69, 9.17) is 17.7 Å². The van der Waals surface area contributed by atoms with Gasteiger partial charge in [-0.25, -0.2) is 0 Å². The number of rotatable bonds is 16. The molecule has 5 heteroatoms. The van der Waals surface area contributed by atoms with Gasteiger partial charge in [0.2, 0.25) is 0 Å². The summed E-state index contributed by atoms with van der Waals surface area (Å²) in [6, 6.07) is 0. The van der Waals surface area contributed by atoms with Gasteiger partial charge in [0.15, 0.2) is 0 Å². The maximum Gasteiger partial charge on any atom is 0.680 e. The Kier molecular flexibility index (Phi) is 14.2. The van der Waals surface area contributed by atoms with E-state index in [-0.39, 0.29) is 24.4 Å². The summed E-state index contributed by atoms with van der Waals surface area (Å²) in [5.41, 5.74) is 0. The topological polar surface area (TPSA) is 36.9 Å². The Hall–Kier alpha value is 0.0569. The lowest BCUT2D eigenvalue weighted by atomic mass is 10.0. The lowest BCUT2D eigenvalue weighted by molar-refractivity contribution is -0.121. The van der Waals surface area contributed by atoms with Crippen LogP contribution in [0.5, 0.6) is 0 Å². The molecule has 0 aliphatic carbocycles. The molecule has 176 valence electrons. The molecule has 0 aliphatic rings. The van der Waals surface area contributed by atoms with Crippen molar-refractivity contribution in [1.29, 1.82) is 0 Å². The van der Waals surface area contributed by atoms with Crippen LogP contribution in [0, 0.1) is 23.7 Å². The van der Waals surface area contributed by atoms with E-state index in [9.17, 15) is 0 Å². The summed E-state index contributed by atoms with van der Waals surface area (Å²) in [6.45, 7) is 26.2. The Bertz CT molecular complexity index is 342. The van der Waals surface area contributed by atoms with Gasteiger partial charge in [0.25, 0.3) is 0 Å². The molecule has 0 fully saturated rings. The number of hydrogen-bond acceptors (Lipinski definition) is 4. The highest BCUT2D eigenvalue weighted by Crippen LogP contribution is 2.30. The van der Waals surface area contributed by atoms with Crippen LogP contribution in [-0.4, -0.2) is 33.5 Å². The van der Waals surface area contributed by atoms with Crippen molar-refractivity contribution < 1.29 is 17.7 Å². The van der Waals surface area contributed by atoms with Crippen LogP contribution in [0.25, 0.3) is 0 Å². The second-order valence-electron chi connectivity index (χ2n) is 9.33. The highest BCUT2D eigenvalue weighted by atomic mass is 28.4. The van der Waals surface area contributed by atoms with E-state index in [0.717, 1.165) is 25.7 Å². The van der Waals surface area contributed by atoms with Gasteiger partial charge < -0.3 is 17.7 Å². The molecule has 0 radical (unpaired) electrons. The second kappa shape index (κ2) is 14.2. The summed E-state index contributed by atoms with van der Waals surface area (Å²) in [5, 5.41) is 0. The standard InChI is InChI=1S/C24H52O4Si/c1-13-17(5)21(9)25-29(26-22(10)18(6)14-2,27-23(11)19(7)15-3)28-24(12)20(8)16-4/h17-24H,13-16H2,1-12H3. The fourth-order valence-electron chi connectivity index (χ4n) is 2.87. The van der Waals surface area contributed by atoms with Crippen LogP contribution in [0.2, 0.25) is 0 Å². The molecule has 0 aromatic heterocycles. The normalized spacial score (nSPS) is 22.8. The van der Waals surface area contributed by atoms with Gasteiger partial charge in [0.05, 0.1) is 24.4 Å². The zero-order valence-corrected chi connectivity index (χ0v) is 22.6. The van der Waals surface area contributed by atoms with Crippen molar-refractivity contribution in [3.05, 3.63) is 0 Å². The molecule has 0 aliphatic heterocycles. The van der Waals surface area contributed by atoms with Crippen molar-refractivity contribution in [2.75, 3.05) is 0 Å². The molecule has 0 amide bonds. The molecule has 0 N–H and O–H groups in total. The molecule has 29 heavy (non-hydrogen) atoms. The Balaban J connectivity index is 5.97. The minimum Gasteiger partial charge on any atom is -0.348 e. The second-order valence-corrected chi connectivity index (χ2v) is 11.3. The van der Waals surface area contributed by atoms with Crippen LogP contribution in [0.4, 0.5) is 0 Å². The highest BCUT2D eigenvalue weighted by molar-refractivity contribution is 6.53. The van der Waals surface area contributed by atoms with Gasteiger partial charge in [-0.1, -0.05) is 81.1 Å². The summed E-state index contributed by atoms with van der Waals surface area (Å²) >= 11 is 0. The Labute approximate surface area is 183 Å². The van der Waals surface area contributed by atoms with Crippen LogP contribution < -0.4 is 0 Å². The fraction of sp³-hybridized carbons (Fsp3) is 1.00. The largest absolute Gasteiger partial charge is 0.680 e. The SMILES string of the molecule is CCC(C)C(C)O[Si](OC(C)C(C)CC)(OC(C)C(C)CC)OC(C)C(C)CC. The maximum atomic E-state index is 6.66. The zero-order valence-electron chi connectivity index (χ0n) is 21.6. The highest BCUT2D eigenvalue weighted by Gasteiger charge is 2.52. The van der Waals surface area contributed by atoms with Crippen LogP contribution in [0.15, 0.2) is 0 Å². The van der Waals surface area contributed by atoms with E-state index in [0.29, 0.717) is 23.7 Å². The summed E-state index contributed by atoms with van der Waals surface area (Å²) in [4.78, 5) is 0. The third-order valence-corrected chi connectivity index (χ3v) is 9.74. The zero-order chi connectivity index (χ0) is 22.8. The van der Waals surface area contributed by atoms with E-state index >= 15 is 0 Å². The van der Waals surface area contributed by atoms with Crippen molar-refractivity contribution in [2.45, 2.75) is 133 Å². The fourth-order valence-corrected chi connectivity index (χ4v) is 5.95. The predicted molar refractivity (Wildman–Crippen MR) is 126 cm³/mol. The van der Waals surface area contributed by atoms with Crippen LogP contribution in [0.3, 0.4) is 0 Å². The summed E-state index contributed by atoms with van der Waals surface area (Å²) in [7, 11) is -3.36. The molecule has 0 aromatic carbocycles. The summed E-state index contributed by atoms with van der Waals surface area (Å²) in [6.07, 6.45) is 4.27. The molecule has 0 saturated carbocycles. The van der Waals surface area contributed by atoms with Gasteiger partial charge in [-0.3, -0.25) is 0 Å². The van der Waals surface area contributed by atoms with Gasteiger partial charge in [0.1, 0.15) is 0 Å². The van der Waals surface area contributed by atoms with Gasteiger partial charge >= 0.3 is 9.05 Å². The Morgan fingerprint density at radius 1 is 0.414 bits per heavy atom. The lowest BCUT2D eigenvalue weighted by Crippen LogP contribution is -2.58. The first kappa shape index (κ1) is 29.1. The van der Waals surface area contributed by atoms with Gasteiger partial charge in [-0.15, -0.1) is 0 Å². The molecular weight excluding hydrogens is 380 g/mol. The molecule has 8 atom stereocenters. The molecule has 4 nitrogen and oxygen atoms in total. The van der Waals surface area contributed by atoms with E-state index in [1.165, 1.54) is 0 Å². The first-order valence-corrected chi connectivity index (χ1v) is 13.8. The monoisotopic (exact) mass is 432 g/mol. The first-order valence-electron chi connectivity index (χ1n) is 12.2. The number of hydrogen-bond donors (Lipinski definition) is 0. The molecule has 0 bridgehead atoms. The summed E-state index contributed by atoms with van der Waals surface area (Å²) < 4.78 is 26.6. The van der Waals surface area contributed by atoms with E-state index < -0.39 is 9.05 Å². The van der Waals surface area contributed by atoms with Crippen LogP contribution >= 0.6 is 0 Å². The molecule has 0 aromatic rings. The Morgan fingerprint density at radius 2 is 0.586 bits per heavy atom. The first-order chi connectivity index (χ1) is 13.5. The van der Waals surface area contributed by atoms with Crippen molar-refractivity contribution >= 4 is 9.05 Å². The summed E-state index contributed by atoms with van der Waals surface area (Å²) in [5.74, 6) is 1.65. The minimum atomic E-state index is -3.36. The molecule has 0 spiro atoms. The van der Waals surface area contributed by atoms with Crippen LogP contribution in [0.1, 0.15) is 109 Å². The minimum absolute atomic E-state index is 0.0177. The van der Waals surface area contributed by atoms with Crippen molar-refractivity contribution in [2.24, 2.45) is 23.7 Å². The predicted octanol–water partition coefficient (Wildman–Crippen LogP) is 7.23. The van der Waals surface area contributed by atoms with Gasteiger partial charge in [0, 0.05) is 0 Å². The van der Waals surface area contributed by atoms with E-state index in [1.807, 2.05) is 0 Å². The average molecular weight is 433 g/mol. The Morgan fingerprint density at radius 3 is 0.724 bits per heavy atom. The third-order valence-electron chi connectivity index (χ3n) is 7.10. The average Bonchev–Trinajstić information content (AvgIpc) is 2.70. The van der Waals surface area contributed by atoms with Crippen molar-refractivity contribution in [3.63, 3.8) is 0 Å². The quantitative estimate of drug-likeness (QED) is 0.241. The van der Waals surface area contributed by atoms with Gasteiger partial charge in [-0.05, 0) is 51.4 Å². The molecule has 0 saturated heterocycles. The van der Waals surface area contributed by atoms with E-state index in [1.54, 1.807) is 0 Å². The van der Waals surface area contributed by atoms with Crippen molar-refractivity contribution in [3.8, 4) is 0 Å². The molecular formula is C24H52O4Si. The third kappa shape index (κ3) is 9.81. The van der Waals surface area contributed by atoms with Crippen molar-refractivity contribution in [1.82, 2.24) is 0 Å². The molecule has 8 unspecified atom stereocenters. The lowest BCUT2D eigenvalue weighted by Gasteiger charge is -2.40. The van der Waals surface area contributed by atoms with Crippen LogP contribution in [-0.2, 0) is 17.7 Å². The van der Waals surface area contributed by atoms with Gasteiger partial charge in [-0.2, -0.15) is 0 Å². The van der Waals surface area contributed by atoms with E-state index in [2.05, 4.69) is 83.1 Å². The molecule has 0 heterocycles.